The van der Waals surface area contributed by atoms with E-state index in [9.17, 15) is 31.2 Å². The maximum atomic E-state index is 13.1. The van der Waals surface area contributed by atoms with Gasteiger partial charge in [0.2, 0.25) is 5.91 Å². The Morgan fingerprint density at radius 2 is 1.85 bits per heavy atom. The molecule has 186 valence electrons. The molecule has 12 heteroatoms. The van der Waals surface area contributed by atoms with Crippen molar-refractivity contribution < 1.29 is 35.9 Å². The number of nitrogens with one attached hydrogen (secondary N) is 1. The molecule has 1 aliphatic carbocycles. The van der Waals surface area contributed by atoms with Crippen LogP contribution < -0.4 is 5.32 Å². The van der Waals surface area contributed by atoms with Gasteiger partial charge in [-0.3, -0.25) is 9.59 Å². The number of esters is 1. The number of hydrogen-bond acceptors (Lipinski definition) is 7. The van der Waals surface area contributed by atoms with E-state index < -0.39 is 38.0 Å². The summed E-state index contributed by atoms with van der Waals surface area (Å²) in [7, 11) is -5.47. The minimum atomic E-state index is -5.47. The predicted octanol–water partition coefficient (Wildman–Crippen LogP) is 4.84. The molecule has 1 saturated carbocycles. The monoisotopic (exact) mass is 518 g/mol. The summed E-state index contributed by atoms with van der Waals surface area (Å²) in [4.78, 5) is 28.1. The number of hydrogen-bond donors (Lipinski definition) is 1. The number of nitrogens with zero attached hydrogens (tertiary/aromatic N) is 1. The first-order valence-electron chi connectivity index (χ1n) is 10.8. The van der Waals surface area contributed by atoms with Crippen LogP contribution in [0.15, 0.2) is 34.5 Å². The zero-order valence-corrected chi connectivity index (χ0v) is 20.1. The van der Waals surface area contributed by atoms with Crippen molar-refractivity contribution in [3.8, 4) is 0 Å². The summed E-state index contributed by atoms with van der Waals surface area (Å²) in [5.41, 5.74) is -4.53. The van der Waals surface area contributed by atoms with Crippen LogP contribution in [0.3, 0.4) is 0 Å². The van der Waals surface area contributed by atoms with Gasteiger partial charge in [0.05, 0.1) is 29.5 Å². The van der Waals surface area contributed by atoms with E-state index in [0.29, 0.717) is 17.7 Å². The van der Waals surface area contributed by atoms with Gasteiger partial charge in [0.1, 0.15) is 0 Å². The third-order valence-corrected chi connectivity index (χ3v) is 7.98. The lowest BCUT2D eigenvalue weighted by molar-refractivity contribution is -0.142. The van der Waals surface area contributed by atoms with Gasteiger partial charge in [-0.05, 0) is 37.0 Å². The van der Waals surface area contributed by atoms with Crippen molar-refractivity contribution in [2.45, 2.75) is 61.8 Å². The topological polar surface area (TPSA) is 102 Å². The maximum Gasteiger partial charge on any atom is 0.501 e. The molecule has 7 nitrogen and oxygen atoms in total. The third-order valence-electron chi connectivity index (χ3n) is 5.67. The first-order chi connectivity index (χ1) is 16.0. The molecule has 0 bridgehead atoms. The largest absolute Gasteiger partial charge is 0.501 e. The fraction of sp³-hybridized carbons (Fsp3) is 0.500. The molecule has 1 aliphatic rings. The Balaban J connectivity index is 1.79. The van der Waals surface area contributed by atoms with Gasteiger partial charge in [-0.2, -0.15) is 13.2 Å². The lowest BCUT2D eigenvalue weighted by Crippen LogP contribution is -2.24. The molecule has 1 heterocycles. The molecule has 3 rings (SSSR count). The molecule has 0 aliphatic heterocycles. The third kappa shape index (κ3) is 6.35. The number of thiazole rings is 1. The van der Waals surface area contributed by atoms with Crippen molar-refractivity contribution in [1.29, 1.82) is 0 Å². The number of carbonyl (C=O) groups is 2. The highest BCUT2D eigenvalue weighted by Gasteiger charge is 2.46. The molecule has 0 saturated heterocycles. The second kappa shape index (κ2) is 10.9. The van der Waals surface area contributed by atoms with Crippen molar-refractivity contribution in [3.05, 3.63) is 40.9 Å². The van der Waals surface area contributed by atoms with Gasteiger partial charge >= 0.3 is 11.5 Å². The minimum absolute atomic E-state index is 0.0269. The van der Waals surface area contributed by atoms with Crippen LogP contribution in [0.5, 0.6) is 0 Å². The van der Waals surface area contributed by atoms with Crippen molar-refractivity contribution in [2.24, 2.45) is 5.92 Å². The number of sulfone groups is 1. The second-order valence-corrected chi connectivity index (χ2v) is 10.9. The van der Waals surface area contributed by atoms with E-state index in [2.05, 4.69) is 10.3 Å². The molecule has 1 fully saturated rings. The lowest BCUT2D eigenvalue weighted by atomic mass is 9.87. The van der Waals surface area contributed by atoms with Crippen LogP contribution in [-0.2, 0) is 30.6 Å². The Bertz CT molecular complexity index is 1110. The highest BCUT2D eigenvalue weighted by Crippen LogP contribution is 2.36. The van der Waals surface area contributed by atoms with E-state index in [1.165, 1.54) is 12.1 Å². The van der Waals surface area contributed by atoms with Crippen LogP contribution in [-0.4, -0.2) is 37.4 Å². The number of alkyl halides is 3. The van der Waals surface area contributed by atoms with Crippen LogP contribution in [0.1, 0.15) is 56.2 Å². The van der Waals surface area contributed by atoms with Crippen molar-refractivity contribution >= 4 is 38.2 Å². The summed E-state index contributed by atoms with van der Waals surface area (Å²) in [6, 6.07) is 4.28. The molecule has 1 N–H and O–H groups in total. The molecule has 1 unspecified atom stereocenters. The standard InChI is InChI=1S/C22H25F3N2O5S2/c1-2-32-19(28)12-16-13-33-21(26-16)27-20(29)18(11-14-5-3-4-6-14)15-7-9-17(10-8-15)34(30,31)22(23,24)25/h7-10,13-14,18H,2-6,11-12H2,1H3,(H,26,27,29). The van der Waals surface area contributed by atoms with Gasteiger partial charge in [-0.15, -0.1) is 11.3 Å². The van der Waals surface area contributed by atoms with Crippen LogP contribution in [0.25, 0.3) is 0 Å². The number of ether oxygens (including phenoxy) is 1. The van der Waals surface area contributed by atoms with E-state index in [1.54, 1.807) is 12.3 Å². The smallest absolute Gasteiger partial charge is 0.466 e. The van der Waals surface area contributed by atoms with Gasteiger partial charge in [-0.1, -0.05) is 37.8 Å². The Morgan fingerprint density at radius 3 is 2.44 bits per heavy atom. The van der Waals surface area contributed by atoms with E-state index >= 15 is 0 Å². The van der Waals surface area contributed by atoms with Crippen LogP contribution in [0.2, 0.25) is 0 Å². The minimum Gasteiger partial charge on any atom is -0.466 e. The number of amides is 1. The summed E-state index contributed by atoms with van der Waals surface area (Å²) < 4.78 is 66.8. The maximum absolute atomic E-state index is 13.1. The van der Waals surface area contributed by atoms with E-state index in [4.69, 9.17) is 4.74 Å². The number of aromatic nitrogens is 1. The summed E-state index contributed by atoms with van der Waals surface area (Å²) in [6.07, 6.45) is 4.45. The zero-order chi connectivity index (χ0) is 24.9. The Labute approximate surface area is 199 Å². The van der Waals surface area contributed by atoms with E-state index in [-0.39, 0.29) is 24.1 Å². The van der Waals surface area contributed by atoms with Gasteiger partial charge < -0.3 is 10.1 Å². The Morgan fingerprint density at radius 1 is 1.21 bits per heavy atom. The quantitative estimate of drug-likeness (QED) is 0.477. The highest BCUT2D eigenvalue weighted by atomic mass is 32.2. The number of carbonyl (C=O) groups excluding carboxylic acids is 2. The summed E-state index contributed by atoms with van der Waals surface area (Å²) in [6.45, 7) is 1.94. The molecule has 1 aromatic heterocycles. The Hall–Kier alpha value is -2.47. The van der Waals surface area contributed by atoms with Crippen LogP contribution >= 0.6 is 11.3 Å². The molecule has 1 atom stereocenters. The number of anilines is 1. The van der Waals surface area contributed by atoms with E-state index in [1.807, 2.05) is 0 Å². The normalized spacial score (nSPS) is 15.8. The Kier molecular flexibility index (Phi) is 8.34. The average Bonchev–Trinajstić information content (AvgIpc) is 3.43. The van der Waals surface area contributed by atoms with Gasteiger partial charge in [0.15, 0.2) is 5.13 Å². The SMILES string of the molecule is CCOC(=O)Cc1csc(NC(=O)C(CC2CCCC2)c2ccc(S(=O)(=O)C(F)(F)F)cc2)n1. The van der Waals surface area contributed by atoms with Crippen LogP contribution in [0, 0.1) is 5.92 Å². The van der Waals surface area contributed by atoms with Gasteiger partial charge in [-0.25, -0.2) is 13.4 Å². The lowest BCUT2D eigenvalue weighted by Gasteiger charge is -2.20. The summed E-state index contributed by atoms with van der Waals surface area (Å²) >= 11 is 1.15. The van der Waals surface area contributed by atoms with Crippen molar-refractivity contribution in [1.82, 2.24) is 4.98 Å². The first-order valence-corrected chi connectivity index (χ1v) is 13.2. The predicted molar refractivity (Wildman–Crippen MR) is 120 cm³/mol. The van der Waals surface area contributed by atoms with Gasteiger partial charge in [0.25, 0.3) is 9.84 Å². The summed E-state index contributed by atoms with van der Waals surface area (Å²) in [5, 5.41) is 4.65. The van der Waals surface area contributed by atoms with Crippen molar-refractivity contribution in [3.63, 3.8) is 0 Å². The molecule has 34 heavy (non-hydrogen) atoms. The molecule has 2 aromatic rings. The van der Waals surface area contributed by atoms with Crippen LogP contribution in [0.4, 0.5) is 18.3 Å². The number of benzene rings is 1. The number of rotatable bonds is 9. The molecule has 1 amide bonds. The molecular weight excluding hydrogens is 493 g/mol. The molecule has 0 radical (unpaired) electrons. The summed E-state index contributed by atoms with van der Waals surface area (Å²) in [5.74, 6) is -1.23. The molecule has 0 spiro atoms. The van der Waals surface area contributed by atoms with Crippen molar-refractivity contribution in [2.75, 3.05) is 11.9 Å². The highest BCUT2D eigenvalue weighted by molar-refractivity contribution is 7.92. The average molecular weight is 519 g/mol. The second-order valence-electron chi connectivity index (χ2n) is 8.07. The van der Waals surface area contributed by atoms with Gasteiger partial charge in [0, 0.05) is 5.38 Å². The van der Waals surface area contributed by atoms with E-state index in [0.717, 1.165) is 49.2 Å². The number of halogens is 3. The fourth-order valence-corrected chi connectivity index (χ4v) is 5.46. The molecular formula is C22H25F3N2O5S2. The fourth-order valence-electron chi connectivity index (χ4n) is 3.98. The molecule has 1 aromatic carbocycles. The zero-order valence-electron chi connectivity index (χ0n) is 18.4. The first kappa shape index (κ1) is 26.1.